The zero-order chi connectivity index (χ0) is 12.4. The molecule has 0 saturated carbocycles. The van der Waals surface area contributed by atoms with Crippen LogP contribution in [0.1, 0.15) is 32.3 Å². The minimum Gasteiger partial charge on any atom is -0.207 e. The summed E-state index contributed by atoms with van der Waals surface area (Å²) in [4.78, 5) is 0. The maximum Gasteiger partial charge on any atom is 0.191 e. The van der Waals surface area contributed by atoms with Crippen molar-refractivity contribution in [1.82, 2.24) is 0 Å². The van der Waals surface area contributed by atoms with Crippen LogP contribution >= 0.6 is 34.8 Å². The van der Waals surface area contributed by atoms with Crippen LogP contribution in [-0.2, 0) is 5.41 Å². The van der Waals surface area contributed by atoms with Crippen LogP contribution in [0.3, 0.4) is 0 Å². The Labute approximate surface area is 111 Å². The first-order valence-corrected chi connectivity index (χ1v) is 6.23. The normalized spacial score (nSPS) is 15.9. The zero-order valence-electron chi connectivity index (χ0n) is 9.24. The van der Waals surface area contributed by atoms with Gasteiger partial charge in [0.15, 0.2) is 3.79 Å². The summed E-state index contributed by atoms with van der Waals surface area (Å²) in [5, 5.41) is 0. The Morgan fingerprint density at radius 2 is 1.75 bits per heavy atom. The van der Waals surface area contributed by atoms with E-state index in [0.717, 1.165) is 0 Å². The predicted molar refractivity (Wildman–Crippen MR) is 69.0 cm³/mol. The lowest BCUT2D eigenvalue weighted by atomic mass is 9.77. The van der Waals surface area contributed by atoms with E-state index in [1.54, 1.807) is 18.2 Å². The third-order valence-electron chi connectivity index (χ3n) is 2.90. The fraction of sp³-hybridized carbons (Fsp3) is 0.500. The maximum atomic E-state index is 13.7. The van der Waals surface area contributed by atoms with Gasteiger partial charge in [-0.15, -0.1) is 0 Å². The van der Waals surface area contributed by atoms with Crippen LogP contribution in [0.15, 0.2) is 24.3 Å². The Balaban J connectivity index is 3.10. The molecule has 0 aliphatic carbocycles. The highest BCUT2D eigenvalue weighted by Crippen LogP contribution is 2.43. The van der Waals surface area contributed by atoms with Crippen LogP contribution < -0.4 is 0 Å². The Kier molecular flexibility index (Phi) is 4.50. The smallest absolute Gasteiger partial charge is 0.191 e. The molecule has 0 aromatic heterocycles. The Hall–Kier alpha value is 0.0200. The molecule has 1 rings (SSSR count). The van der Waals surface area contributed by atoms with Crippen molar-refractivity contribution in [1.29, 1.82) is 0 Å². The Morgan fingerprint density at radius 3 is 2.19 bits per heavy atom. The predicted octanol–water partition coefficient (Wildman–Crippen LogP) is 5.25. The van der Waals surface area contributed by atoms with Crippen molar-refractivity contribution < 1.29 is 4.39 Å². The quantitative estimate of drug-likeness (QED) is 0.664. The van der Waals surface area contributed by atoms with E-state index < -0.39 is 9.21 Å². The highest BCUT2D eigenvalue weighted by molar-refractivity contribution is 6.67. The second kappa shape index (κ2) is 5.12. The summed E-state index contributed by atoms with van der Waals surface area (Å²) >= 11 is 17.4. The number of alkyl halides is 3. The molecule has 16 heavy (non-hydrogen) atoms. The maximum absolute atomic E-state index is 13.7. The summed E-state index contributed by atoms with van der Waals surface area (Å²) < 4.78 is 12.3. The van der Waals surface area contributed by atoms with Gasteiger partial charge in [-0.3, -0.25) is 0 Å². The van der Waals surface area contributed by atoms with Crippen molar-refractivity contribution in [3.63, 3.8) is 0 Å². The van der Waals surface area contributed by atoms with Gasteiger partial charge in [0.1, 0.15) is 5.82 Å². The molecular weight excluding hydrogens is 269 g/mol. The van der Waals surface area contributed by atoms with Gasteiger partial charge in [-0.1, -0.05) is 66.8 Å². The van der Waals surface area contributed by atoms with Crippen LogP contribution in [0.4, 0.5) is 4.39 Å². The van der Waals surface area contributed by atoms with Gasteiger partial charge in [0.25, 0.3) is 0 Å². The lowest BCUT2D eigenvalue weighted by Gasteiger charge is -2.32. The van der Waals surface area contributed by atoms with E-state index in [2.05, 4.69) is 0 Å². The third-order valence-corrected chi connectivity index (χ3v) is 3.30. The van der Waals surface area contributed by atoms with E-state index in [4.69, 9.17) is 34.8 Å². The highest BCUT2D eigenvalue weighted by atomic mass is 35.6. The summed E-state index contributed by atoms with van der Waals surface area (Å²) in [5.74, 6) is -0.249. The van der Waals surface area contributed by atoms with Crippen molar-refractivity contribution >= 4 is 34.8 Å². The molecule has 0 spiro atoms. The summed E-state index contributed by atoms with van der Waals surface area (Å²) in [5.41, 5.74) is 0.139. The molecule has 0 fully saturated rings. The van der Waals surface area contributed by atoms with E-state index in [0.29, 0.717) is 18.4 Å². The molecular formula is C12H14Cl3F. The summed E-state index contributed by atoms with van der Waals surface area (Å²) in [6, 6.07) is 6.63. The molecule has 0 radical (unpaired) electrons. The Morgan fingerprint density at radius 1 is 1.19 bits per heavy atom. The summed E-state index contributed by atoms with van der Waals surface area (Å²) in [6.07, 6.45) is 1.00. The average molecular weight is 284 g/mol. The standard InChI is InChI=1S/C12H14Cl3F/c1-3-11(2,8-12(13,14)15)9-6-4-5-7-10(9)16/h4-7H,3,8H2,1-2H3. The number of halogens is 4. The lowest BCUT2D eigenvalue weighted by molar-refractivity contribution is 0.402. The zero-order valence-corrected chi connectivity index (χ0v) is 11.5. The summed E-state index contributed by atoms with van der Waals surface area (Å²) in [7, 11) is 0. The van der Waals surface area contributed by atoms with Crippen LogP contribution in [-0.4, -0.2) is 3.79 Å². The highest BCUT2D eigenvalue weighted by Gasteiger charge is 2.36. The molecule has 0 aliphatic heterocycles. The first-order chi connectivity index (χ1) is 7.28. The minimum atomic E-state index is -1.37. The monoisotopic (exact) mass is 282 g/mol. The van der Waals surface area contributed by atoms with Crippen molar-refractivity contribution in [2.24, 2.45) is 0 Å². The molecule has 1 aromatic carbocycles. The molecule has 0 nitrogen and oxygen atoms in total. The molecule has 1 unspecified atom stereocenters. The fourth-order valence-electron chi connectivity index (χ4n) is 1.80. The van der Waals surface area contributed by atoms with Crippen molar-refractivity contribution in [2.75, 3.05) is 0 Å². The second-order valence-electron chi connectivity index (χ2n) is 4.19. The number of hydrogen-bond acceptors (Lipinski definition) is 0. The number of rotatable bonds is 3. The van der Waals surface area contributed by atoms with E-state index in [9.17, 15) is 4.39 Å². The van der Waals surface area contributed by atoms with Gasteiger partial charge in [-0.05, 0) is 23.5 Å². The van der Waals surface area contributed by atoms with E-state index >= 15 is 0 Å². The number of benzene rings is 1. The lowest BCUT2D eigenvalue weighted by Crippen LogP contribution is -2.28. The molecule has 1 atom stereocenters. The molecule has 0 bridgehead atoms. The molecule has 0 N–H and O–H groups in total. The third kappa shape index (κ3) is 3.51. The van der Waals surface area contributed by atoms with E-state index in [-0.39, 0.29) is 5.82 Å². The SMILES string of the molecule is CCC(C)(CC(Cl)(Cl)Cl)c1ccccc1F. The van der Waals surface area contributed by atoms with E-state index in [1.807, 2.05) is 13.8 Å². The molecule has 90 valence electrons. The molecule has 0 saturated heterocycles. The topological polar surface area (TPSA) is 0 Å². The minimum absolute atomic E-state index is 0.249. The van der Waals surface area contributed by atoms with Crippen molar-refractivity contribution in [2.45, 2.75) is 35.9 Å². The van der Waals surface area contributed by atoms with E-state index in [1.165, 1.54) is 6.07 Å². The average Bonchev–Trinajstić information content (AvgIpc) is 2.15. The van der Waals surface area contributed by atoms with Gasteiger partial charge in [-0.25, -0.2) is 4.39 Å². The van der Waals surface area contributed by atoms with Gasteiger partial charge >= 0.3 is 0 Å². The fourth-order valence-corrected chi connectivity index (χ4v) is 2.69. The van der Waals surface area contributed by atoms with Crippen LogP contribution in [0, 0.1) is 5.82 Å². The van der Waals surface area contributed by atoms with Crippen molar-refractivity contribution in [3.8, 4) is 0 Å². The molecule has 1 aromatic rings. The van der Waals surface area contributed by atoms with Gasteiger partial charge in [0.05, 0.1) is 0 Å². The van der Waals surface area contributed by atoms with Gasteiger partial charge in [0, 0.05) is 6.42 Å². The van der Waals surface area contributed by atoms with Gasteiger partial charge < -0.3 is 0 Å². The molecule has 0 aliphatic rings. The van der Waals surface area contributed by atoms with Crippen LogP contribution in [0.2, 0.25) is 0 Å². The largest absolute Gasteiger partial charge is 0.207 e. The van der Waals surface area contributed by atoms with Gasteiger partial charge in [-0.2, -0.15) is 0 Å². The van der Waals surface area contributed by atoms with Gasteiger partial charge in [0.2, 0.25) is 0 Å². The van der Waals surface area contributed by atoms with Crippen molar-refractivity contribution in [3.05, 3.63) is 35.6 Å². The van der Waals surface area contributed by atoms with Crippen LogP contribution in [0.5, 0.6) is 0 Å². The van der Waals surface area contributed by atoms with Crippen LogP contribution in [0.25, 0.3) is 0 Å². The molecule has 0 amide bonds. The molecule has 0 heterocycles. The summed E-state index contributed by atoms with van der Waals surface area (Å²) in [6.45, 7) is 3.87. The Bertz CT molecular complexity index is 360. The first-order valence-electron chi connectivity index (χ1n) is 5.10. The second-order valence-corrected chi connectivity index (χ2v) is 6.70. The number of hydrogen-bond donors (Lipinski definition) is 0. The molecule has 4 heteroatoms. The first kappa shape index (κ1) is 14.1.